The fraction of sp³-hybridized carbons (Fsp3) is 0.900. The molecule has 82 valence electrons. The number of rotatable bonds is 4. The largest absolute Gasteiger partial charge is 0.418 e. The lowest BCUT2D eigenvalue weighted by atomic mass is 9.99. The summed E-state index contributed by atoms with van der Waals surface area (Å²) in [5.74, 6) is 0.783. The number of hydrogen-bond acceptors (Lipinski definition) is 2. The molecule has 0 aromatic carbocycles. The predicted octanol–water partition coefficient (Wildman–Crippen LogP) is 0.830. The van der Waals surface area contributed by atoms with Gasteiger partial charge in [-0.1, -0.05) is 27.7 Å². The van der Waals surface area contributed by atoms with Gasteiger partial charge in [0.2, 0.25) is 5.91 Å². The first kappa shape index (κ1) is 11.7. The quantitative estimate of drug-likeness (QED) is 0.706. The second-order valence-corrected chi connectivity index (χ2v) is 7.53. The Kier molecular flexibility index (Phi) is 3.72. The van der Waals surface area contributed by atoms with E-state index in [-0.39, 0.29) is 12.0 Å². The number of nitrogens with one attached hydrogen (secondary N) is 1. The smallest absolute Gasteiger partial charge is 0.222 e. The molecule has 0 radical (unpaired) electrons. The van der Waals surface area contributed by atoms with Gasteiger partial charge in [-0.25, -0.2) is 0 Å². The van der Waals surface area contributed by atoms with Crippen molar-refractivity contribution in [3.05, 3.63) is 0 Å². The van der Waals surface area contributed by atoms with E-state index in [1.165, 1.54) is 0 Å². The molecule has 1 N–H and O–H groups in total. The molecular formula is C10H21NO2Si. The van der Waals surface area contributed by atoms with Crippen molar-refractivity contribution in [3.8, 4) is 0 Å². The Morgan fingerprint density at radius 2 is 2.21 bits per heavy atom. The van der Waals surface area contributed by atoms with E-state index >= 15 is 0 Å². The minimum absolute atomic E-state index is 0.131. The molecule has 1 saturated heterocycles. The van der Waals surface area contributed by atoms with Crippen molar-refractivity contribution in [2.75, 3.05) is 6.54 Å². The molecule has 1 heterocycles. The number of hydrogen-bond donors (Lipinski definition) is 1. The summed E-state index contributed by atoms with van der Waals surface area (Å²) in [6.45, 7) is 9.69. The van der Waals surface area contributed by atoms with Gasteiger partial charge in [0.05, 0.1) is 12.5 Å². The van der Waals surface area contributed by atoms with E-state index in [9.17, 15) is 4.79 Å². The van der Waals surface area contributed by atoms with Crippen LogP contribution in [0.4, 0.5) is 0 Å². The molecule has 1 aliphatic rings. The monoisotopic (exact) mass is 215 g/mol. The molecule has 3 nitrogen and oxygen atoms in total. The highest BCUT2D eigenvalue weighted by atomic mass is 28.2. The molecule has 1 amide bonds. The van der Waals surface area contributed by atoms with Crippen LogP contribution in [0, 0.1) is 5.92 Å². The van der Waals surface area contributed by atoms with Gasteiger partial charge in [-0.05, 0) is 11.0 Å². The molecule has 4 heteroatoms. The van der Waals surface area contributed by atoms with E-state index in [1.54, 1.807) is 0 Å². The van der Waals surface area contributed by atoms with Crippen molar-refractivity contribution in [2.24, 2.45) is 5.92 Å². The van der Waals surface area contributed by atoms with Crippen LogP contribution < -0.4 is 5.32 Å². The summed E-state index contributed by atoms with van der Waals surface area (Å²) in [5, 5.41) is 3.12. The summed E-state index contributed by atoms with van der Waals surface area (Å²) in [5.41, 5.74) is 0. The van der Waals surface area contributed by atoms with Crippen LogP contribution in [0.5, 0.6) is 0 Å². The first-order valence-electron chi connectivity index (χ1n) is 5.30. The van der Waals surface area contributed by atoms with Gasteiger partial charge in [-0.2, -0.15) is 0 Å². The van der Waals surface area contributed by atoms with E-state index in [4.69, 9.17) is 4.43 Å². The highest BCUT2D eigenvalue weighted by Crippen LogP contribution is 2.33. The average molecular weight is 215 g/mol. The molecule has 1 aliphatic heterocycles. The Balaban J connectivity index is 2.30. The minimum Gasteiger partial charge on any atom is -0.418 e. The molecule has 0 unspecified atom stereocenters. The maximum atomic E-state index is 10.9. The van der Waals surface area contributed by atoms with Crippen LogP contribution in [0.15, 0.2) is 0 Å². The van der Waals surface area contributed by atoms with Crippen molar-refractivity contribution < 1.29 is 9.22 Å². The summed E-state index contributed by atoms with van der Waals surface area (Å²) >= 11 is 0. The van der Waals surface area contributed by atoms with Crippen molar-refractivity contribution >= 4 is 15.7 Å². The highest BCUT2D eigenvalue weighted by Gasteiger charge is 2.28. The van der Waals surface area contributed by atoms with Crippen molar-refractivity contribution in [1.82, 2.24) is 5.32 Å². The topological polar surface area (TPSA) is 38.3 Å². The van der Waals surface area contributed by atoms with Gasteiger partial charge >= 0.3 is 0 Å². The lowest BCUT2D eigenvalue weighted by Gasteiger charge is -2.29. The Hall–Kier alpha value is -0.353. The van der Waals surface area contributed by atoms with Crippen molar-refractivity contribution in [1.29, 1.82) is 0 Å². The zero-order chi connectivity index (χ0) is 10.8. The lowest BCUT2D eigenvalue weighted by molar-refractivity contribution is -0.119. The summed E-state index contributed by atoms with van der Waals surface area (Å²) in [7, 11) is -0.553. The maximum absolute atomic E-state index is 10.9. The van der Waals surface area contributed by atoms with E-state index in [0.29, 0.717) is 23.9 Å². The second kappa shape index (κ2) is 4.44. The molecule has 0 saturated carbocycles. The molecule has 0 aromatic heterocycles. The molecule has 1 rings (SSSR count). The van der Waals surface area contributed by atoms with E-state index in [2.05, 4.69) is 33.0 Å². The zero-order valence-corrected chi connectivity index (χ0v) is 11.0. The minimum atomic E-state index is -0.553. The molecule has 1 fully saturated rings. The van der Waals surface area contributed by atoms with Crippen LogP contribution in [0.25, 0.3) is 0 Å². The standard InChI is InChI=1S/C10H21NO2Si/c1-7(2)10(3,4)14-13-8-5-9(12)11-6-8/h7-8H,5-6,14H2,1-4H3,(H,11,12)/t8-/m1/s1. The van der Waals surface area contributed by atoms with Crippen LogP contribution >= 0.6 is 0 Å². The summed E-state index contributed by atoms with van der Waals surface area (Å²) in [4.78, 5) is 10.9. The van der Waals surface area contributed by atoms with E-state index < -0.39 is 9.76 Å². The Morgan fingerprint density at radius 3 is 2.64 bits per heavy atom. The first-order valence-corrected chi connectivity index (χ1v) is 6.58. The van der Waals surface area contributed by atoms with Gasteiger partial charge in [0, 0.05) is 6.54 Å². The molecule has 14 heavy (non-hydrogen) atoms. The van der Waals surface area contributed by atoms with Crippen LogP contribution in [-0.4, -0.2) is 28.3 Å². The molecule has 0 aliphatic carbocycles. The molecular weight excluding hydrogens is 194 g/mol. The molecule has 1 atom stereocenters. The Morgan fingerprint density at radius 1 is 1.57 bits per heavy atom. The van der Waals surface area contributed by atoms with Crippen LogP contribution in [0.2, 0.25) is 5.04 Å². The predicted molar refractivity (Wildman–Crippen MR) is 59.9 cm³/mol. The van der Waals surface area contributed by atoms with Crippen LogP contribution in [0.3, 0.4) is 0 Å². The SMILES string of the molecule is CC(C)C(C)(C)[SiH2]O[C@H]1CNC(=O)C1. The normalized spacial score (nSPS) is 23.8. The van der Waals surface area contributed by atoms with Crippen LogP contribution in [-0.2, 0) is 9.22 Å². The highest BCUT2D eigenvalue weighted by molar-refractivity contribution is 6.32. The molecule has 0 spiro atoms. The van der Waals surface area contributed by atoms with Gasteiger partial charge in [-0.3, -0.25) is 4.79 Å². The number of amides is 1. The van der Waals surface area contributed by atoms with Gasteiger partial charge in [0.1, 0.15) is 0 Å². The molecule has 0 aromatic rings. The molecule has 0 bridgehead atoms. The van der Waals surface area contributed by atoms with Crippen molar-refractivity contribution in [3.63, 3.8) is 0 Å². The fourth-order valence-electron chi connectivity index (χ4n) is 1.20. The second-order valence-electron chi connectivity index (χ2n) is 5.08. The summed E-state index contributed by atoms with van der Waals surface area (Å²) < 4.78 is 5.86. The zero-order valence-electron chi connectivity index (χ0n) is 9.59. The lowest BCUT2D eigenvalue weighted by Crippen LogP contribution is -2.27. The van der Waals surface area contributed by atoms with E-state index in [0.717, 1.165) is 0 Å². The first-order chi connectivity index (χ1) is 6.42. The van der Waals surface area contributed by atoms with Gasteiger partial charge in [0.25, 0.3) is 0 Å². The van der Waals surface area contributed by atoms with Crippen LogP contribution in [0.1, 0.15) is 34.1 Å². The van der Waals surface area contributed by atoms with E-state index in [1.807, 2.05) is 0 Å². The van der Waals surface area contributed by atoms with Gasteiger partial charge in [0.15, 0.2) is 9.76 Å². The Bertz CT molecular complexity index is 216. The third-order valence-corrected chi connectivity index (χ3v) is 5.39. The summed E-state index contributed by atoms with van der Waals surface area (Å²) in [6, 6.07) is 0. The third kappa shape index (κ3) is 3.10. The third-order valence-electron chi connectivity index (χ3n) is 3.19. The summed E-state index contributed by atoms with van der Waals surface area (Å²) in [6.07, 6.45) is 0.702. The number of carbonyl (C=O) groups is 1. The van der Waals surface area contributed by atoms with Crippen molar-refractivity contribution in [2.45, 2.75) is 45.3 Å². The fourth-order valence-corrected chi connectivity index (χ4v) is 2.43. The van der Waals surface area contributed by atoms with Gasteiger partial charge in [-0.15, -0.1) is 0 Å². The maximum Gasteiger partial charge on any atom is 0.222 e. The Labute approximate surface area is 88.5 Å². The average Bonchev–Trinajstić information content (AvgIpc) is 2.48. The van der Waals surface area contributed by atoms with Gasteiger partial charge < -0.3 is 9.74 Å². The number of carbonyl (C=O) groups excluding carboxylic acids is 1.